The van der Waals surface area contributed by atoms with Crippen molar-refractivity contribution >= 4 is 27.7 Å². The van der Waals surface area contributed by atoms with E-state index in [0.717, 1.165) is 0 Å². The predicted octanol–water partition coefficient (Wildman–Crippen LogP) is 0.391. The van der Waals surface area contributed by atoms with Crippen LogP contribution in [0.25, 0.3) is 0 Å². The summed E-state index contributed by atoms with van der Waals surface area (Å²) in [6.07, 6.45) is 1.06. The number of amides is 1. The second kappa shape index (κ2) is 6.47. The summed E-state index contributed by atoms with van der Waals surface area (Å²) in [6.45, 7) is 0.678. The zero-order chi connectivity index (χ0) is 18.2. The van der Waals surface area contributed by atoms with Crippen LogP contribution in [0.4, 0.5) is 0 Å². The standard InChI is InChI=1S/C16H19N3O5S/c1-18(10-14(20)21)16(22)11-6-8-19(9-7-11)15-12-4-2-3-5-13(12)25(23,24)17-15/h2-5,11H,6-10H2,1H3,(H,20,21). The second-order valence-corrected chi connectivity index (χ2v) is 7.81. The van der Waals surface area contributed by atoms with Crippen LogP contribution in [0.2, 0.25) is 0 Å². The molecule has 0 radical (unpaired) electrons. The Balaban J connectivity index is 1.70. The molecule has 1 amide bonds. The molecule has 134 valence electrons. The summed E-state index contributed by atoms with van der Waals surface area (Å²) in [5.74, 6) is -1.06. The molecule has 2 aliphatic heterocycles. The lowest BCUT2D eigenvalue weighted by Crippen LogP contribution is -2.44. The van der Waals surface area contributed by atoms with Crippen LogP contribution in [0.3, 0.4) is 0 Å². The van der Waals surface area contributed by atoms with Crippen LogP contribution in [-0.2, 0) is 19.6 Å². The number of fused-ring (bicyclic) bond motifs is 1. The zero-order valence-corrected chi connectivity index (χ0v) is 14.6. The minimum Gasteiger partial charge on any atom is -0.480 e. The summed E-state index contributed by atoms with van der Waals surface area (Å²) in [5, 5.41) is 8.78. The fourth-order valence-electron chi connectivity index (χ4n) is 3.25. The highest BCUT2D eigenvalue weighted by atomic mass is 32.2. The fraction of sp³-hybridized carbons (Fsp3) is 0.438. The van der Waals surface area contributed by atoms with Gasteiger partial charge in [-0.05, 0) is 25.0 Å². The van der Waals surface area contributed by atoms with Crippen molar-refractivity contribution in [3.63, 3.8) is 0 Å². The van der Waals surface area contributed by atoms with Crippen LogP contribution in [0.15, 0.2) is 33.6 Å². The Labute approximate surface area is 145 Å². The topological polar surface area (TPSA) is 107 Å². The van der Waals surface area contributed by atoms with E-state index in [1.807, 2.05) is 4.90 Å². The number of carboxylic acid groups (broad SMARTS) is 1. The van der Waals surface area contributed by atoms with Crippen molar-refractivity contribution in [1.29, 1.82) is 0 Å². The molecule has 0 unspecified atom stereocenters. The van der Waals surface area contributed by atoms with E-state index in [9.17, 15) is 18.0 Å². The third-order valence-electron chi connectivity index (χ3n) is 4.50. The molecule has 3 rings (SSSR count). The molecular formula is C16H19N3O5S. The van der Waals surface area contributed by atoms with Crippen LogP contribution in [0, 0.1) is 5.92 Å². The van der Waals surface area contributed by atoms with E-state index in [2.05, 4.69) is 4.40 Å². The third kappa shape index (κ3) is 3.37. The first-order valence-corrected chi connectivity index (χ1v) is 9.39. The number of carboxylic acids is 1. The number of piperidine rings is 1. The monoisotopic (exact) mass is 365 g/mol. The Morgan fingerprint density at radius 3 is 2.56 bits per heavy atom. The van der Waals surface area contributed by atoms with Crippen LogP contribution < -0.4 is 0 Å². The predicted molar refractivity (Wildman–Crippen MR) is 89.7 cm³/mol. The van der Waals surface area contributed by atoms with Crippen molar-refractivity contribution in [3.8, 4) is 0 Å². The minimum atomic E-state index is -3.66. The summed E-state index contributed by atoms with van der Waals surface area (Å²) < 4.78 is 28.2. The number of nitrogens with zero attached hydrogens (tertiary/aromatic N) is 3. The SMILES string of the molecule is CN(CC(=O)O)C(=O)C1CCN(C2=NS(=O)(=O)c3ccccc32)CC1. The molecule has 2 aliphatic rings. The molecule has 25 heavy (non-hydrogen) atoms. The Morgan fingerprint density at radius 2 is 1.92 bits per heavy atom. The largest absolute Gasteiger partial charge is 0.480 e. The van der Waals surface area contributed by atoms with Gasteiger partial charge >= 0.3 is 5.97 Å². The van der Waals surface area contributed by atoms with Gasteiger partial charge in [0.2, 0.25) is 5.91 Å². The average molecular weight is 365 g/mol. The second-order valence-electron chi connectivity index (χ2n) is 6.24. The lowest BCUT2D eigenvalue weighted by Gasteiger charge is -2.34. The van der Waals surface area contributed by atoms with Gasteiger partial charge in [0.05, 0.1) is 0 Å². The lowest BCUT2D eigenvalue weighted by molar-refractivity contribution is -0.145. The molecule has 1 aromatic carbocycles. The summed E-state index contributed by atoms with van der Waals surface area (Å²) >= 11 is 0. The van der Waals surface area contributed by atoms with Crippen LogP contribution >= 0.6 is 0 Å². The number of aliphatic carboxylic acids is 1. The number of hydrogen-bond donors (Lipinski definition) is 1. The molecule has 0 saturated carbocycles. The Morgan fingerprint density at radius 1 is 1.28 bits per heavy atom. The lowest BCUT2D eigenvalue weighted by atomic mass is 9.95. The summed E-state index contributed by atoms with van der Waals surface area (Å²) in [4.78, 5) is 26.3. The van der Waals surface area contributed by atoms with Crippen molar-refractivity contribution in [2.75, 3.05) is 26.7 Å². The number of sulfonamides is 1. The van der Waals surface area contributed by atoms with E-state index >= 15 is 0 Å². The molecule has 0 aromatic heterocycles. The summed E-state index contributed by atoms with van der Waals surface area (Å²) in [7, 11) is -2.18. The van der Waals surface area contributed by atoms with Gasteiger partial charge in [0.15, 0.2) is 5.84 Å². The van der Waals surface area contributed by atoms with Gasteiger partial charge in [-0.25, -0.2) is 0 Å². The smallest absolute Gasteiger partial charge is 0.323 e. The first kappa shape index (κ1) is 17.4. The van der Waals surface area contributed by atoms with Crippen LogP contribution in [-0.4, -0.2) is 67.7 Å². The quantitative estimate of drug-likeness (QED) is 0.830. The first-order valence-electron chi connectivity index (χ1n) is 7.95. The maximum absolute atomic E-state index is 12.3. The molecule has 8 nitrogen and oxygen atoms in total. The number of benzene rings is 1. The van der Waals surface area contributed by atoms with Gasteiger partial charge in [0, 0.05) is 31.6 Å². The number of rotatable bonds is 3. The number of carbonyl (C=O) groups is 2. The minimum absolute atomic E-state index is 0.191. The van der Waals surface area contributed by atoms with E-state index in [1.54, 1.807) is 18.2 Å². The van der Waals surface area contributed by atoms with Gasteiger partial charge in [-0.1, -0.05) is 12.1 Å². The van der Waals surface area contributed by atoms with Crippen LogP contribution in [0.5, 0.6) is 0 Å². The van der Waals surface area contributed by atoms with Crippen LogP contribution in [0.1, 0.15) is 18.4 Å². The molecule has 1 aromatic rings. The molecule has 0 spiro atoms. The molecule has 1 saturated heterocycles. The Bertz CT molecular complexity index is 841. The molecule has 0 atom stereocenters. The van der Waals surface area contributed by atoms with Gasteiger partial charge in [0.25, 0.3) is 10.0 Å². The maximum atomic E-state index is 12.3. The van der Waals surface area contributed by atoms with E-state index < -0.39 is 16.0 Å². The van der Waals surface area contributed by atoms with Crippen molar-refractivity contribution in [2.45, 2.75) is 17.7 Å². The van der Waals surface area contributed by atoms with E-state index in [-0.39, 0.29) is 23.3 Å². The van der Waals surface area contributed by atoms with Gasteiger partial charge in [-0.3, -0.25) is 9.59 Å². The summed E-state index contributed by atoms with van der Waals surface area (Å²) in [6, 6.07) is 6.71. The third-order valence-corrected chi connectivity index (χ3v) is 5.83. The number of amidine groups is 1. The fourth-order valence-corrected chi connectivity index (χ4v) is 4.47. The molecule has 1 N–H and O–H groups in total. The molecule has 0 bridgehead atoms. The normalized spacial score (nSPS) is 19.2. The van der Waals surface area contributed by atoms with Crippen molar-refractivity contribution in [2.24, 2.45) is 10.3 Å². The highest BCUT2D eigenvalue weighted by molar-refractivity contribution is 7.90. The van der Waals surface area contributed by atoms with Gasteiger partial charge in [-0.2, -0.15) is 8.42 Å². The van der Waals surface area contributed by atoms with Crippen molar-refractivity contribution < 1.29 is 23.1 Å². The molecule has 1 fully saturated rings. The Hall–Kier alpha value is -2.42. The number of hydrogen-bond acceptors (Lipinski definition) is 5. The van der Waals surface area contributed by atoms with E-state index in [4.69, 9.17) is 5.11 Å². The van der Waals surface area contributed by atoms with Crippen molar-refractivity contribution in [1.82, 2.24) is 9.80 Å². The number of carbonyl (C=O) groups excluding carboxylic acids is 1. The average Bonchev–Trinajstić information content (AvgIpc) is 2.86. The van der Waals surface area contributed by atoms with Gasteiger partial charge in [0.1, 0.15) is 11.4 Å². The van der Waals surface area contributed by atoms with Gasteiger partial charge in [-0.15, -0.1) is 4.40 Å². The molecule has 9 heteroatoms. The molecule has 0 aliphatic carbocycles. The number of likely N-dealkylation sites (tertiary alicyclic amines) is 1. The van der Waals surface area contributed by atoms with Crippen molar-refractivity contribution in [3.05, 3.63) is 29.8 Å². The van der Waals surface area contributed by atoms with Gasteiger partial charge < -0.3 is 14.9 Å². The van der Waals surface area contributed by atoms with E-state index in [0.29, 0.717) is 37.3 Å². The zero-order valence-electron chi connectivity index (χ0n) is 13.8. The highest BCUT2D eigenvalue weighted by Gasteiger charge is 2.35. The van der Waals surface area contributed by atoms with E-state index in [1.165, 1.54) is 18.0 Å². The first-order chi connectivity index (χ1) is 11.8. The molecule has 2 heterocycles. The number of likely N-dealkylation sites (N-methyl/N-ethyl adjacent to an activating group) is 1. The maximum Gasteiger partial charge on any atom is 0.323 e. The molecular weight excluding hydrogens is 346 g/mol. The highest BCUT2D eigenvalue weighted by Crippen LogP contribution is 2.29. The summed E-state index contributed by atoms with van der Waals surface area (Å²) in [5.41, 5.74) is 0.593. The Kier molecular flexibility index (Phi) is 4.51.